The molecule has 0 spiro atoms. The zero-order valence-corrected chi connectivity index (χ0v) is 64.2. The second-order valence-electron chi connectivity index (χ2n) is 31.1. The predicted molar refractivity (Wildman–Crippen MR) is 485 cm³/mol. The highest BCUT2D eigenvalue weighted by Crippen LogP contribution is 2.51. The van der Waals surface area contributed by atoms with Gasteiger partial charge in [0.1, 0.15) is 11.4 Å². The first-order valence-electron chi connectivity index (χ1n) is 40.0. The van der Waals surface area contributed by atoms with Gasteiger partial charge in [-0.3, -0.25) is 9.13 Å². The highest BCUT2D eigenvalue weighted by atomic mass is 15.2. The van der Waals surface area contributed by atoms with Gasteiger partial charge >= 0.3 is 0 Å². The monoisotopic (exact) mass is 1490 g/mol. The van der Waals surface area contributed by atoms with Crippen molar-refractivity contribution in [3.05, 3.63) is 381 Å². The second-order valence-corrected chi connectivity index (χ2v) is 31.1. The molecule has 0 aliphatic carbocycles. The maximum absolute atomic E-state index is 6.68. The molecule has 10 nitrogen and oxygen atoms in total. The smallest absolute Gasteiger partial charge is 0.165 e. The number of para-hydroxylation sites is 7. The van der Waals surface area contributed by atoms with Crippen molar-refractivity contribution < 1.29 is 0 Å². The summed E-state index contributed by atoms with van der Waals surface area (Å²) in [6.07, 6.45) is 0. The topological polar surface area (TPSA) is 81.1 Å². The SMILES string of the molecule is Cc1ccc2c(c1)c1cc(-c3ccc4c(c3)c3ccccc3n4C)ccc1n2-c1c(-n2c3ccccc3c3ccccc32)nc(-n2c3ccccc3c3ccccc32)c(-n2c3ccc(C)cc3c3cc(-c4ccc5c(c4)c4ccccc4n5-c4ccccc4)ccc32)c1-c1ccc(-c2nc(-c3ccccc3)nc(-c3ccccc3)n2)cc1. The van der Waals surface area contributed by atoms with E-state index in [2.05, 4.69) is 382 Å². The maximum atomic E-state index is 6.68. The van der Waals surface area contributed by atoms with E-state index in [-0.39, 0.29) is 0 Å². The van der Waals surface area contributed by atoms with Crippen LogP contribution in [0.25, 0.3) is 227 Å². The van der Waals surface area contributed by atoms with E-state index < -0.39 is 0 Å². The Kier molecular flexibility index (Phi) is 14.6. The molecule has 24 rings (SSSR count). The molecule has 0 aliphatic rings. The van der Waals surface area contributed by atoms with Gasteiger partial charge in [-0.15, -0.1) is 0 Å². The molecule has 0 bridgehead atoms. The summed E-state index contributed by atoms with van der Waals surface area (Å²) in [7, 11) is 2.17. The van der Waals surface area contributed by atoms with Crippen molar-refractivity contribution in [2.75, 3.05) is 0 Å². The summed E-state index contributed by atoms with van der Waals surface area (Å²) in [6, 6.07) is 135. The fraction of sp³-hybridized carbons (Fsp3) is 0.0280. The summed E-state index contributed by atoms with van der Waals surface area (Å²) in [5.41, 5.74) is 27.2. The average Bonchev–Trinajstić information content (AvgIpc) is 1.60. The summed E-state index contributed by atoms with van der Waals surface area (Å²) >= 11 is 0. The molecule has 0 unspecified atom stereocenters. The van der Waals surface area contributed by atoms with E-state index in [0.29, 0.717) is 17.5 Å². The molecule has 10 heteroatoms. The predicted octanol–water partition coefficient (Wildman–Crippen LogP) is 27.0. The fourth-order valence-electron chi connectivity index (χ4n) is 19.0. The number of nitrogens with zero attached hydrogens (tertiary/aromatic N) is 10. The summed E-state index contributed by atoms with van der Waals surface area (Å²) < 4.78 is 14.7. The number of aromatic nitrogens is 10. The zero-order valence-electron chi connectivity index (χ0n) is 64.2. The van der Waals surface area contributed by atoms with E-state index in [1.807, 2.05) is 36.4 Å². The van der Waals surface area contributed by atoms with Crippen LogP contribution in [0.2, 0.25) is 0 Å². The van der Waals surface area contributed by atoms with Crippen LogP contribution in [0.15, 0.2) is 370 Å². The average molecular weight is 1500 g/mol. The number of hydrogen-bond donors (Lipinski definition) is 0. The normalized spacial score (nSPS) is 12.1. The minimum atomic E-state index is 0.559. The molecule has 0 saturated carbocycles. The van der Waals surface area contributed by atoms with Gasteiger partial charge in [-0.1, -0.05) is 260 Å². The molecule has 0 N–H and O–H groups in total. The summed E-state index contributed by atoms with van der Waals surface area (Å²) in [4.78, 5) is 22.6. The van der Waals surface area contributed by atoms with Crippen LogP contribution in [0.3, 0.4) is 0 Å². The lowest BCUT2D eigenvalue weighted by Gasteiger charge is -2.27. The molecule has 117 heavy (non-hydrogen) atoms. The number of hydrogen-bond acceptors (Lipinski definition) is 4. The van der Waals surface area contributed by atoms with Gasteiger partial charge in [0.15, 0.2) is 29.1 Å². The van der Waals surface area contributed by atoms with E-state index in [9.17, 15) is 0 Å². The third-order valence-electron chi connectivity index (χ3n) is 24.4. The van der Waals surface area contributed by atoms with Crippen LogP contribution in [-0.4, -0.2) is 47.3 Å². The lowest BCUT2D eigenvalue weighted by molar-refractivity contribution is 0.961. The molecule has 0 saturated heterocycles. The van der Waals surface area contributed by atoms with Crippen molar-refractivity contribution in [3.63, 3.8) is 0 Å². The van der Waals surface area contributed by atoms with Crippen LogP contribution < -0.4 is 0 Å². The molecule has 16 aromatic carbocycles. The molecule has 0 amide bonds. The Labute approximate surface area is 672 Å². The Balaban J connectivity index is 0.861. The highest BCUT2D eigenvalue weighted by molar-refractivity contribution is 6.18. The quantitative estimate of drug-likeness (QED) is 0.129. The van der Waals surface area contributed by atoms with Gasteiger partial charge in [-0.2, -0.15) is 0 Å². The van der Waals surface area contributed by atoms with Crippen LogP contribution in [0.5, 0.6) is 0 Å². The van der Waals surface area contributed by atoms with Crippen LogP contribution in [0.4, 0.5) is 0 Å². The second kappa shape index (κ2) is 25.8. The maximum Gasteiger partial charge on any atom is 0.165 e. The Bertz CT molecular complexity index is 7980. The third kappa shape index (κ3) is 10.1. The number of fused-ring (bicyclic) bond motifs is 18. The molecule has 8 aromatic heterocycles. The third-order valence-corrected chi connectivity index (χ3v) is 24.4. The van der Waals surface area contributed by atoms with E-state index in [1.54, 1.807) is 0 Å². The van der Waals surface area contributed by atoms with Gasteiger partial charge < -0.3 is 18.3 Å². The molecular weight excluding hydrogens is 1430 g/mol. The van der Waals surface area contributed by atoms with Crippen molar-refractivity contribution >= 4 is 131 Å². The summed E-state index contributed by atoms with van der Waals surface area (Å²) in [5.74, 6) is 3.24. The van der Waals surface area contributed by atoms with Crippen molar-refractivity contribution in [2.45, 2.75) is 13.8 Å². The van der Waals surface area contributed by atoms with Crippen LogP contribution >= 0.6 is 0 Å². The first-order valence-corrected chi connectivity index (χ1v) is 40.0. The standard InChI is InChI=1S/C107H70N10/c1-65-43-53-96-82(59-65)86-63-73(71-49-55-89-84(61-71)80-35-13-19-37-88(80)112(89)3)51-57-98(86)114(96)101-100(67-45-47-70(48-46-67)105-109-103(68-25-7-4-8-26-68)108-104(110-105)69-27-9-5-10-28-69)102(107(117-93-41-23-16-33-78(93)79-34-17-24-42-94(79)117)111-106(101)116-91-39-21-14-31-76(91)77-32-15-22-40-92(77)116)115-97-54-44-66(2)60-83(97)87-64-74(52-58-99(87)115)72-50-56-95-85(62-72)81-36-18-20-38-90(81)113(95)75-29-11-6-12-30-75/h4-64H,1-3H3. The number of rotatable bonds is 11. The van der Waals surface area contributed by atoms with Crippen LogP contribution in [0.1, 0.15) is 11.1 Å². The summed E-state index contributed by atoms with van der Waals surface area (Å²) in [6.45, 7) is 4.43. The van der Waals surface area contributed by atoms with Crippen molar-refractivity contribution in [2.24, 2.45) is 7.05 Å². The fourth-order valence-corrected chi connectivity index (χ4v) is 19.0. The van der Waals surface area contributed by atoms with Crippen molar-refractivity contribution in [1.82, 2.24) is 47.3 Å². The van der Waals surface area contributed by atoms with E-state index >= 15 is 0 Å². The molecule has 8 heterocycles. The van der Waals surface area contributed by atoms with Crippen LogP contribution in [-0.2, 0) is 7.05 Å². The van der Waals surface area contributed by atoms with Gasteiger partial charge in [0, 0.05) is 111 Å². The van der Waals surface area contributed by atoms with Gasteiger partial charge in [-0.05, 0) is 163 Å². The van der Waals surface area contributed by atoms with Crippen LogP contribution in [0, 0.1) is 13.8 Å². The Morgan fingerprint density at radius 3 is 0.855 bits per heavy atom. The number of benzene rings is 16. The van der Waals surface area contributed by atoms with Gasteiger partial charge in [0.05, 0.1) is 55.2 Å². The molecular formula is C107H70N10. The van der Waals surface area contributed by atoms with Gasteiger partial charge in [-0.25, -0.2) is 19.9 Å². The lowest BCUT2D eigenvalue weighted by atomic mass is 9.98. The molecule has 0 fully saturated rings. The van der Waals surface area contributed by atoms with Gasteiger partial charge in [0.2, 0.25) is 0 Å². The minimum Gasteiger partial charge on any atom is -0.344 e. The van der Waals surface area contributed by atoms with Crippen molar-refractivity contribution in [3.8, 4) is 96.2 Å². The van der Waals surface area contributed by atoms with Gasteiger partial charge in [0.25, 0.3) is 0 Å². The Morgan fingerprint density at radius 1 is 0.188 bits per heavy atom. The molecule has 0 aliphatic heterocycles. The van der Waals surface area contributed by atoms with E-state index in [0.717, 1.165) is 183 Å². The summed E-state index contributed by atoms with van der Waals surface area (Å²) in [5, 5.41) is 13.8. The molecule has 0 atom stereocenters. The molecule has 0 radical (unpaired) electrons. The van der Waals surface area contributed by atoms with E-state index in [4.69, 9.17) is 19.9 Å². The molecule has 24 aromatic rings. The lowest BCUT2D eigenvalue weighted by Crippen LogP contribution is -2.16. The first kappa shape index (κ1) is 66.1. The molecule has 548 valence electrons. The first-order chi connectivity index (χ1) is 57.8. The Hall–Kier alpha value is -15.5. The largest absolute Gasteiger partial charge is 0.344 e. The number of aryl methyl sites for hydroxylation is 3. The van der Waals surface area contributed by atoms with E-state index in [1.165, 1.54) is 38.1 Å². The zero-order chi connectivity index (χ0) is 77.3. The number of pyridine rings is 1. The van der Waals surface area contributed by atoms with Crippen molar-refractivity contribution in [1.29, 1.82) is 0 Å². The Morgan fingerprint density at radius 2 is 0.444 bits per heavy atom. The highest BCUT2D eigenvalue weighted by Gasteiger charge is 2.34. The minimum absolute atomic E-state index is 0.559.